The summed E-state index contributed by atoms with van der Waals surface area (Å²) in [5.41, 5.74) is 3.56. The summed E-state index contributed by atoms with van der Waals surface area (Å²) in [7, 11) is 4.68. The van der Waals surface area contributed by atoms with Gasteiger partial charge in [0.05, 0.1) is 38.5 Å². The maximum atomic E-state index is 12.8. The molecule has 0 bridgehead atoms. The van der Waals surface area contributed by atoms with Gasteiger partial charge in [-0.3, -0.25) is 9.59 Å². The van der Waals surface area contributed by atoms with E-state index >= 15 is 0 Å². The minimum absolute atomic E-state index is 0.0934. The Morgan fingerprint density at radius 3 is 2.59 bits per heavy atom. The van der Waals surface area contributed by atoms with Crippen LogP contribution in [0.2, 0.25) is 5.02 Å². The lowest BCUT2D eigenvalue weighted by molar-refractivity contribution is -0.123. The van der Waals surface area contributed by atoms with Crippen LogP contribution >= 0.6 is 11.6 Å². The Morgan fingerprint density at radius 1 is 1.15 bits per heavy atom. The Kier molecular flexibility index (Phi) is 6.76. The number of ether oxygens (including phenoxy) is 3. The monoisotopic (exact) mass is 484 g/mol. The first-order chi connectivity index (χ1) is 16.4. The molecule has 1 aromatic heterocycles. The fourth-order valence-corrected chi connectivity index (χ4v) is 4.09. The number of benzene rings is 2. The van der Waals surface area contributed by atoms with Crippen molar-refractivity contribution >= 4 is 34.9 Å². The Hall–Kier alpha value is -3.56. The van der Waals surface area contributed by atoms with Crippen molar-refractivity contribution in [2.24, 2.45) is 0 Å². The lowest BCUT2D eigenvalue weighted by atomic mass is 10.0. The van der Waals surface area contributed by atoms with E-state index in [4.69, 9.17) is 25.8 Å². The molecule has 2 aromatic carbocycles. The molecule has 2 heterocycles. The minimum atomic E-state index is -0.805. The van der Waals surface area contributed by atoms with Crippen LogP contribution < -0.4 is 20.1 Å². The molecule has 0 saturated heterocycles. The van der Waals surface area contributed by atoms with E-state index in [0.29, 0.717) is 39.3 Å². The Labute approximate surface area is 201 Å². The van der Waals surface area contributed by atoms with E-state index in [1.807, 2.05) is 25.1 Å². The molecule has 2 amide bonds. The summed E-state index contributed by atoms with van der Waals surface area (Å²) in [5, 5.41) is 10.8. The van der Waals surface area contributed by atoms with Crippen molar-refractivity contribution in [1.82, 2.24) is 9.78 Å². The van der Waals surface area contributed by atoms with Crippen molar-refractivity contribution in [3.63, 3.8) is 0 Å². The smallest absolute Gasteiger partial charge is 0.251 e. The van der Waals surface area contributed by atoms with E-state index in [2.05, 4.69) is 15.7 Å². The highest BCUT2D eigenvalue weighted by Gasteiger charge is 2.37. The molecular formula is C24H25ClN4O5. The van der Waals surface area contributed by atoms with Crippen LogP contribution in [0.3, 0.4) is 0 Å². The zero-order valence-corrected chi connectivity index (χ0v) is 20.0. The number of amides is 2. The predicted molar refractivity (Wildman–Crippen MR) is 129 cm³/mol. The van der Waals surface area contributed by atoms with Crippen LogP contribution in [0.15, 0.2) is 36.4 Å². The van der Waals surface area contributed by atoms with E-state index in [1.54, 1.807) is 44.2 Å². The van der Waals surface area contributed by atoms with Crippen molar-refractivity contribution < 1.29 is 23.8 Å². The second-order valence-corrected chi connectivity index (χ2v) is 8.25. The SMILES string of the molecule is COCc1nn2c(c1-c1ccc(OC)c(OC)c1)NC(=O)C2CC(=O)Nc1ccc(C)c(Cl)c1. The Balaban J connectivity index is 1.65. The van der Waals surface area contributed by atoms with Gasteiger partial charge in [0.2, 0.25) is 5.91 Å². The summed E-state index contributed by atoms with van der Waals surface area (Å²) in [6.45, 7) is 2.10. The molecule has 178 valence electrons. The van der Waals surface area contributed by atoms with Crippen molar-refractivity contribution in [3.8, 4) is 22.6 Å². The van der Waals surface area contributed by atoms with Gasteiger partial charge in [-0.15, -0.1) is 0 Å². The molecule has 34 heavy (non-hydrogen) atoms. The van der Waals surface area contributed by atoms with Crippen molar-refractivity contribution in [2.45, 2.75) is 26.0 Å². The average Bonchev–Trinajstić information content (AvgIpc) is 3.30. The molecule has 1 aliphatic rings. The molecule has 9 nitrogen and oxygen atoms in total. The molecule has 0 spiro atoms. The van der Waals surface area contributed by atoms with Gasteiger partial charge < -0.3 is 24.8 Å². The van der Waals surface area contributed by atoms with Crippen molar-refractivity contribution in [2.75, 3.05) is 32.0 Å². The largest absolute Gasteiger partial charge is 0.493 e. The molecule has 10 heteroatoms. The summed E-state index contributed by atoms with van der Waals surface area (Å²) in [6, 6.07) is 9.89. The number of aryl methyl sites for hydroxylation is 1. The maximum Gasteiger partial charge on any atom is 0.251 e. The van der Waals surface area contributed by atoms with Crippen LogP contribution in [-0.4, -0.2) is 42.9 Å². The fourth-order valence-electron chi connectivity index (χ4n) is 3.91. The molecule has 0 aliphatic carbocycles. The van der Waals surface area contributed by atoms with Crippen LogP contribution in [0.25, 0.3) is 11.1 Å². The lowest BCUT2D eigenvalue weighted by Gasteiger charge is -2.11. The third-order valence-electron chi connectivity index (χ3n) is 5.61. The first kappa shape index (κ1) is 23.6. The highest BCUT2D eigenvalue weighted by Crippen LogP contribution is 2.41. The second kappa shape index (κ2) is 9.74. The van der Waals surface area contributed by atoms with Crippen LogP contribution in [0.4, 0.5) is 11.5 Å². The predicted octanol–water partition coefficient (Wildman–Crippen LogP) is 4.20. The third-order valence-corrected chi connectivity index (χ3v) is 6.02. The summed E-state index contributed by atoms with van der Waals surface area (Å²) in [5.74, 6) is 0.980. The molecule has 1 unspecified atom stereocenters. The van der Waals surface area contributed by atoms with Gasteiger partial charge in [-0.2, -0.15) is 5.10 Å². The highest BCUT2D eigenvalue weighted by molar-refractivity contribution is 6.31. The highest BCUT2D eigenvalue weighted by atomic mass is 35.5. The van der Waals surface area contributed by atoms with E-state index in [0.717, 1.165) is 11.1 Å². The summed E-state index contributed by atoms with van der Waals surface area (Å²) in [6.07, 6.45) is -0.0934. The summed E-state index contributed by atoms with van der Waals surface area (Å²) >= 11 is 6.15. The number of halogens is 1. The first-order valence-electron chi connectivity index (χ1n) is 10.6. The zero-order chi connectivity index (χ0) is 24.4. The number of carbonyl (C=O) groups is 2. The van der Waals surface area contributed by atoms with Gasteiger partial charge in [0.15, 0.2) is 11.5 Å². The van der Waals surface area contributed by atoms with Crippen LogP contribution in [-0.2, 0) is 20.9 Å². The van der Waals surface area contributed by atoms with Crippen molar-refractivity contribution in [1.29, 1.82) is 0 Å². The van der Waals surface area contributed by atoms with Crippen molar-refractivity contribution in [3.05, 3.63) is 52.7 Å². The number of anilines is 2. The van der Waals surface area contributed by atoms with Crippen LogP contribution in [0, 0.1) is 6.92 Å². The Bertz CT molecular complexity index is 1260. The number of hydrogen-bond donors (Lipinski definition) is 2. The molecule has 2 N–H and O–H groups in total. The van der Waals surface area contributed by atoms with Crippen LogP contribution in [0.5, 0.6) is 11.5 Å². The van der Waals surface area contributed by atoms with E-state index in [1.165, 1.54) is 0 Å². The number of hydrogen-bond acceptors (Lipinski definition) is 6. The van der Waals surface area contributed by atoms with Gasteiger partial charge in [-0.25, -0.2) is 4.68 Å². The topological polar surface area (TPSA) is 104 Å². The quantitative estimate of drug-likeness (QED) is 0.496. The zero-order valence-electron chi connectivity index (χ0n) is 19.3. The number of carbonyl (C=O) groups excluding carboxylic acids is 2. The van der Waals surface area contributed by atoms with Gasteiger partial charge in [-0.1, -0.05) is 23.7 Å². The normalized spacial score (nSPS) is 14.5. The molecule has 0 fully saturated rings. The molecular weight excluding hydrogens is 460 g/mol. The van der Waals surface area contributed by atoms with Gasteiger partial charge in [0, 0.05) is 17.8 Å². The van der Waals surface area contributed by atoms with E-state index in [-0.39, 0.29) is 24.8 Å². The van der Waals surface area contributed by atoms with Gasteiger partial charge >= 0.3 is 0 Å². The van der Waals surface area contributed by atoms with Gasteiger partial charge in [0.1, 0.15) is 11.9 Å². The molecule has 0 saturated carbocycles. The summed E-state index contributed by atoms with van der Waals surface area (Å²) in [4.78, 5) is 25.5. The third kappa shape index (κ3) is 4.44. The minimum Gasteiger partial charge on any atom is -0.493 e. The van der Waals surface area contributed by atoms with E-state index < -0.39 is 6.04 Å². The summed E-state index contributed by atoms with van der Waals surface area (Å²) < 4.78 is 17.6. The van der Waals surface area contributed by atoms with Crippen LogP contribution in [0.1, 0.15) is 23.7 Å². The number of methoxy groups -OCH3 is 3. The average molecular weight is 485 g/mol. The molecule has 0 radical (unpaired) electrons. The second-order valence-electron chi connectivity index (χ2n) is 7.84. The standard InChI is InChI=1S/C24H25ClN4O5/c1-13-5-7-15(10-16(13)25)26-21(30)11-18-24(31)27-23-22(17(12-32-2)28-29(18)23)14-6-8-19(33-3)20(9-14)34-4/h5-10,18H,11-12H2,1-4H3,(H,26,30)(H,27,31). The maximum absolute atomic E-state index is 12.8. The van der Waals surface area contributed by atoms with Gasteiger partial charge in [-0.05, 0) is 42.3 Å². The molecule has 1 atom stereocenters. The number of fused-ring (bicyclic) bond motifs is 1. The molecule has 1 aliphatic heterocycles. The molecule has 4 rings (SSSR count). The first-order valence-corrected chi connectivity index (χ1v) is 10.9. The number of nitrogens with zero attached hydrogens (tertiary/aromatic N) is 2. The number of nitrogens with one attached hydrogen (secondary N) is 2. The lowest BCUT2D eigenvalue weighted by Crippen LogP contribution is -2.24. The molecule has 3 aromatic rings. The Morgan fingerprint density at radius 2 is 1.91 bits per heavy atom. The van der Waals surface area contributed by atoms with Gasteiger partial charge in [0.25, 0.3) is 5.91 Å². The fraction of sp³-hybridized carbons (Fsp3) is 0.292. The number of aromatic nitrogens is 2. The number of rotatable bonds is 8. The van der Waals surface area contributed by atoms with E-state index in [9.17, 15) is 9.59 Å².